The van der Waals surface area contributed by atoms with Gasteiger partial charge in [-0.15, -0.1) is 0 Å². The van der Waals surface area contributed by atoms with Gasteiger partial charge >= 0.3 is 0 Å². The number of benzene rings is 1. The maximum Gasteiger partial charge on any atom is 0.232 e. The summed E-state index contributed by atoms with van der Waals surface area (Å²) in [5.41, 5.74) is 2.76. The van der Waals surface area contributed by atoms with Gasteiger partial charge in [-0.05, 0) is 70.5 Å². The summed E-state index contributed by atoms with van der Waals surface area (Å²) in [4.78, 5) is 20.2. The van der Waals surface area contributed by atoms with Crippen LogP contribution in [0.5, 0.6) is 0 Å². The lowest BCUT2D eigenvalue weighted by Gasteiger charge is -2.30. The first-order valence-electron chi connectivity index (χ1n) is 13.2. The van der Waals surface area contributed by atoms with E-state index in [9.17, 15) is 10.1 Å². The normalized spacial score (nSPS) is 20.7. The van der Waals surface area contributed by atoms with E-state index >= 15 is 0 Å². The van der Waals surface area contributed by atoms with Crippen molar-refractivity contribution >= 4 is 17.4 Å². The van der Waals surface area contributed by atoms with Crippen molar-refractivity contribution in [2.75, 3.05) is 11.9 Å². The first-order valence-corrected chi connectivity index (χ1v) is 13.2. The van der Waals surface area contributed by atoms with Crippen LogP contribution < -0.4 is 10.6 Å². The molecule has 1 aliphatic carbocycles. The van der Waals surface area contributed by atoms with Gasteiger partial charge in [-0.25, -0.2) is 4.98 Å². The van der Waals surface area contributed by atoms with E-state index in [0.29, 0.717) is 24.5 Å². The Morgan fingerprint density at radius 3 is 2.68 bits per heavy atom. The van der Waals surface area contributed by atoms with Crippen LogP contribution in [-0.2, 0) is 4.79 Å². The van der Waals surface area contributed by atoms with Crippen molar-refractivity contribution in [1.29, 1.82) is 10.7 Å². The molecule has 2 aromatic rings. The zero-order valence-electron chi connectivity index (χ0n) is 22.6. The highest BCUT2D eigenvalue weighted by molar-refractivity contribution is 6.07. The summed E-state index contributed by atoms with van der Waals surface area (Å²) in [6, 6.07) is 15.8. The Hall–Kier alpha value is -4.18. The third-order valence-corrected chi connectivity index (χ3v) is 7.35. The second-order valence-corrected chi connectivity index (χ2v) is 10.2. The number of amides is 1. The summed E-state index contributed by atoms with van der Waals surface area (Å²) in [5.74, 6) is 0.625. The number of pyridine rings is 1. The molecule has 1 aromatic heterocycles. The molecule has 1 amide bonds. The second-order valence-electron chi connectivity index (χ2n) is 10.2. The molecule has 38 heavy (non-hydrogen) atoms. The number of hydrogen-bond donors (Lipinski definition) is 3. The van der Waals surface area contributed by atoms with Gasteiger partial charge in [0.15, 0.2) is 0 Å². The smallest absolute Gasteiger partial charge is 0.232 e. The third kappa shape index (κ3) is 5.55. The van der Waals surface area contributed by atoms with Crippen LogP contribution in [0, 0.1) is 22.2 Å². The van der Waals surface area contributed by atoms with E-state index in [-0.39, 0.29) is 11.9 Å². The van der Waals surface area contributed by atoms with Gasteiger partial charge in [0, 0.05) is 23.4 Å². The minimum absolute atomic E-state index is 0.0555. The molecule has 196 valence electrons. The van der Waals surface area contributed by atoms with Crippen LogP contribution in [0.3, 0.4) is 0 Å². The molecule has 0 radical (unpaired) electrons. The van der Waals surface area contributed by atoms with Crippen LogP contribution in [0.1, 0.15) is 52.5 Å². The fourth-order valence-electron chi connectivity index (χ4n) is 4.74. The highest BCUT2D eigenvalue weighted by Crippen LogP contribution is 2.45. The van der Waals surface area contributed by atoms with Gasteiger partial charge in [0.2, 0.25) is 5.91 Å². The molecule has 1 fully saturated rings. The average molecular weight is 509 g/mol. The molecule has 2 atom stereocenters. The number of allylic oxidation sites excluding steroid dienone is 3. The lowest BCUT2D eigenvalue weighted by atomic mass is 9.90. The molecular weight excluding hydrogens is 472 g/mol. The van der Waals surface area contributed by atoms with Crippen LogP contribution in [0.15, 0.2) is 78.7 Å². The van der Waals surface area contributed by atoms with E-state index in [4.69, 9.17) is 10.4 Å². The van der Waals surface area contributed by atoms with Crippen molar-refractivity contribution < 1.29 is 4.79 Å². The Balaban J connectivity index is 1.46. The van der Waals surface area contributed by atoms with E-state index in [0.717, 1.165) is 35.4 Å². The molecular formula is C31H36N6O. The minimum atomic E-state index is -0.692. The van der Waals surface area contributed by atoms with Gasteiger partial charge in [0.25, 0.3) is 0 Å². The third-order valence-electron chi connectivity index (χ3n) is 7.35. The van der Waals surface area contributed by atoms with Gasteiger partial charge in [0.1, 0.15) is 11.4 Å². The highest BCUT2D eigenvalue weighted by Gasteiger charge is 2.52. The zero-order chi connectivity index (χ0) is 27.3. The van der Waals surface area contributed by atoms with Crippen LogP contribution in [0.2, 0.25) is 0 Å². The fraction of sp³-hybridized carbons (Fsp3) is 0.355. The highest BCUT2D eigenvalue weighted by atomic mass is 16.2. The number of carbonyl (C=O) groups excluding carboxylic acids is 1. The predicted molar refractivity (Wildman–Crippen MR) is 152 cm³/mol. The van der Waals surface area contributed by atoms with Crippen molar-refractivity contribution in [2.45, 2.75) is 58.5 Å². The number of carbonyl (C=O) groups is 1. The Labute approximate surface area is 225 Å². The Kier molecular flexibility index (Phi) is 7.82. The maximum absolute atomic E-state index is 13.4. The van der Waals surface area contributed by atoms with E-state index in [1.54, 1.807) is 6.08 Å². The quantitative estimate of drug-likeness (QED) is 0.352. The SMILES string of the molecule is C/C=C\C(=N)c1cccc(-c2cccc(N/C(=C\C)[C@H](CC)NC(=O)C3(C)C=CN(C4(C#N)CC4)C3)n2)c1. The lowest BCUT2D eigenvalue weighted by molar-refractivity contribution is -0.128. The molecule has 2 aliphatic rings. The van der Waals surface area contributed by atoms with Gasteiger partial charge in [0.05, 0.1) is 28.9 Å². The summed E-state index contributed by atoms with van der Waals surface area (Å²) in [6.45, 7) is 8.32. The molecule has 0 saturated heterocycles. The van der Waals surface area contributed by atoms with Crippen molar-refractivity contribution in [1.82, 2.24) is 15.2 Å². The van der Waals surface area contributed by atoms with Gasteiger partial charge < -0.3 is 20.9 Å². The van der Waals surface area contributed by atoms with Gasteiger partial charge in [-0.2, -0.15) is 5.26 Å². The zero-order valence-corrected chi connectivity index (χ0v) is 22.6. The number of anilines is 1. The molecule has 3 N–H and O–H groups in total. The Bertz CT molecular complexity index is 1350. The number of nitriles is 1. The molecule has 0 spiro atoms. The van der Waals surface area contributed by atoms with Crippen molar-refractivity contribution in [3.05, 3.63) is 84.2 Å². The summed E-state index contributed by atoms with van der Waals surface area (Å²) in [7, 11) is 0. The molecule has 1 unspecified atom stereocenters. The number of nitrogens with zero attached hydrogens (tertiary/aromatic N) is 3. The topological polar surface area (TPSA) is 105 Å². The Morgan fingerprint density at radius 2 is 2.03 bits per heavy atom. The average Bonchev–Trinajstić information content (AvgIpc) is 3.64. The largest absolute Gasteiger partial charge is 0.358 e. The molecule has 0 bridgehead atoms. The summed E-state index contributed by atoms with van der Waals surface area (Å²) in [6.07, 6.45) is 11.8. The molecule has 7 heteroatoms. The lowest BCUT2D eigenvalue weighted by Crippen LogP contribution is -2.48. The standard InChI is InChI=1S/C31H36N6O/c1-5-10-24(33)22-11-8-12-23(19-22)27-13-9-14-28(35-27)34-25(6-2)26(7-3)36-29(38)30(4)17-18-37(21-30)31(20-32)15-16-31/h5-6,8-14,17-19,26,33H,7,15-16,21H2,1-4H3,(H,34,35)(H,36,38)/b10-5-,25-6-,33-24?/t26-,30?/m0/s1. The first-order chi connectivity index (χ1) is 18.3. The van der Waals surface area contributed by atoms with E-state index in [1.807, 2.05) is 99.5 Å². The van der Waals surface area contributed by atoms with Gasteiger partial charge in [-0.1, -0.05) is 49.4 Å². The van der Waals surface area contributed by atoms with Crippen molar-refractivity contribution in [3.63, 3.8) is 0 Å². The van der Waals surface area contributed by atoms with E-state index in [2.05, 4.69) is 16.7 Å². The van der Waals surface area contributed by atoms with Gasteiger partial charge in [-0.3, -0.25) is 4.79 Å². The predicted octanol–water partition coefficient (Wildman–Crippen LogP) is 5.79. The van der Waals surface area contributed by atoms with Crippen LogP contribution in [0.4, 0.5) is 5.82 Å². The Morgan fingerprint density at radius 1 is 1.26 bits per heavy atom. The number of aromatic nitrogens is 1. The van der Waals surface area contributed by atoms with E-state index in [1.165, 1.54) is 0 Å². The van der Waals surface area contributed by atoms with Crippen molar-refractivity contribution in [3.8, 4) is 17.3 Å². The molecule has 1 aromatic carbocycles. The monoisotopic (exact) mass is 508 g/mol. The summed E-state index contributed by atoms with van der Waals surface area (Å²) < 4.78 is 0. The second kappa shape index (κ2) is 11.1. The fourth-order valence-corrected chi connectivity index (χ4v) is 4.74. The van der Waals surface area contributed by atoms with Crippen LogP contribution in [-0.4, -0.2) is 39.6 Å². The molecule has 1 aliphatic heterocycles. The number of nitrogens with one attached hydrogen (secondary N) is 3. The number of hydrogen-bond acceptors (Lipinski definition) is 6. The first kappa shape index (κ1) is 26.9. The molecule has 2 heterocycles. The maximum atomic E-state index is 13.4. The summed E-state index contributed by atoms with van der Waals surface area (Å²) in [5, 5.41) is 24.4. The van der Waals surface area contributed by atoms with E-state index < -0.39 is 11.0 Å². The molecule has 4 rings (SSSR count). The molecule has 1 saturated carbocycles. The number of rotatable bonds is 10. The van der Waals surface area contributed by atoms with Crippen molar-refractivity contribution in [2.24, 2.45) is 5.41 Å². The molecule has 7 nitrogen and oxygen atoms in total. The minimum Gasteiger partial charge on any atom is -0.358 e. The van der Waals surface area contributed by atoms with Crippen LogP contribution >= 0.6 is 0 Å². The van der Waals surface area contributed by atoms with Crippen LogP contribution in [0.25, 0.3) is 11.3 Å². The summed E-state index contributed by atoms with van der Waals surface area (Å²) >= 11 is 0.